The fourth-order valence-corrected chi connectivity index (χ4v) is 3.17. The van der Waals surface area contributed by atoms with Crippen LogP contribution in [0.25, 0.3) is 0 Å². The van der Waals surface area contributed by atoms with Crippen LogP contribution in [0.2, 0.25) is 5.02 Å². The minimum Gasteiger partial charge on any atom is -0.320 e. The summed E-state index contributed by atoms with van der Waals surface area (Å²) in [5, 5.41) is 4.02. The van der Waals surface area contributed by atoms with Crippen molar-refractivity contribution in [2.45, 2.75) is 6.04 Å². The quantitative estimate of drug-likeness (QED) is 0.874. The van der Waals surface area contributed by atoms with Crippen LogP contribution in [0.4, 0.5) is 4.39 Å². The molecule has 2 N–H and O–H groups in total. The van der Waals surface area contributed by atoms with Crippen molar-refractivity contribution in [3.63, 3.8) is 0 Å². The fourth-order valence-electron chi connectivity index (χ4n) is 1.40. The first-order valence-corrected chi connectivity index (χ1v) is 6.63. The number of thiophene rings is 1. The molecule has 0 saturated heterocycles. The van der Waals surface area contributed by atoms with Gasteiger partial charge in [0.05, 0.1) is 11.1 Å². The molecule has 0 radical (unpaired) electrons. The average molecular weight is 321 g/mol. The summed E-state index contributed by atoms with van der Waals surface area (Å²) in [6, 6.07) is 4.25. The second-order valence-corrected chi connectivity index (χ2v) is 5.33. The number of halogens is 3. The molecule has 1 atom stereocenters. The summed E-state index contributed by atoms with van der Waals surface area (Å²) in [6.45, 7) is 0. The van der Waals surface area contributed by atoms with Crippen LogP contribution in [-0.4, -0.2) is 0 Å². The van der Waals surface area contributed by atoms with E-state index in [0.717, 1.165) is 15.6 Å². The van der Waals surface area contributed by atoms with E-state index in [-0.39, 0.29) is 11.1 Å². The molecule has 5 heteroatoms. The third-order valence-corrected chi connectivity index (χ3v) is 4.32. The maximum Gasteiger partial charge on any atom is 0.141 e. The molecular formula is C11H8BrClFNS. The van der Waals surface area contributed by atoms with E-state index in [1.54, 1.807) is 23.5 Å². The fraction of sp³-hybridized carbons (Fsp3) is 0.0909. The van der Waals surface area contributed by atoms with Crippen molar-refractivity contribution in [2.75, 3.05) is 0 Å². The van der Waals surface area contributed by atoms with Gasteiger partial charge in [0.15, 0.2) is 0 Å². The molecule has 1 aromatic heterocycles. The van der Waals surface area contributed by atoms with Crippen molar-refractivity contribution in [1.82, 2.24) is 0 Å². The van der Waals surface area contributed by atoms with Crippen molar-refractivity contribution in [2.24, 2.45) is 5.73 Å². The van der Waals surface area contributed by atoms with Crippen LogP contribution in [0.5, 0.6) is 0 Å². The molecule has 2 rings (SSSR count). The van der Waals surface area contributed by atoms with Crippen LogP contribution in [0.3, 0.4) is 0 Å². The summed E-state index contributed by atoms with van der Waals surface area (Å²) < 4.78 is 14.0. The summed E-state index contributed by atoms with van der Waals surface area (Å²) in [6.07, 6.45) is 0. The van der Waals surface area contributed by atoms with E-state index >= 15 is 0 Å². The second-order valence-electron chi connectivity index (χ2n) is 3.33. The second kappa shape index (κ2) is 4.84. The zero-order chi connectivity index (χ0) is 11.7. The predicted octanol–water partition coefficient (Wildman–Crippen LogP) is 4.35. The topological polar surface area (TPSA) is 26.0 Å². The zero-order valence-corrected chi connectivity index (χ0v) is 11.2. The van der Waals surface area contributed by atoms with Crippen LogP contribution in [0.15, 0.2) is 33.4 Å². The molecule has 0 fully saturated rings. The Balaban J connectivity index is 2.38. The third-order valence-electron chi connectivity index (χ3n) is 2.28. The summed E-state index contributed by atoms with van der Waals surface area (Å²) in [5.74, 6) is -0.429. The van der Waals surface area contributed by atoms with Crippen molar-refractivity contribution in [1.29, 1.82) is 0 Å². The van der Waals surface area contributed by atoms with E-state index in [0.29, 0.717) is 0 Å². The molecule has 1 aromatic carbocycles. The van der Waals surface area contributed by atoms with Gasteiger partial charge in [0.25, 0.3) is 0 Å². The highest BCUT2D eigenvalue weighted by Gasteiger charge is 2.14. The number of hydrogen-bond donors (Lipinski definition) is 1. The predicted molar refractivity (Wildman–Crippen MR) is 69.5 cm³/mol. The minimum atomic E-state index is -0.429. The van der Waals surface area contributed by atoms with E-state index in [2.05, 4.69) is 15.9 Å². The van der Waals surface area contributed by atoms with Crippen molar-refractivity contribution < 1.29 is 4.39 Å². The van der Waals surface area contributed by atoms with Crippen molar-refractivity contribution in [3.8, 4) is 0 Å². The Morgan fingerprint density at radius 2 is 2.12 bits per heavy atom. The van der Waals surface area contributed by atoms with Gasteiger partial charge in [0.2, 0.25) is 0 Å². The van der Waals surface area contributed by atoms with Crippen LogP contribution in [-0.2, 0) is 0 Å². The lowest BCUT2D eigenvalue weighted by Crippen LogP contribution is -2.11. The maximum absolute atomic E-state index is 13.0. The Labute approximate surface area is 110 Å². The van der Waals surface area contributed by atoms with E-state index in [1.807, 2.05) is 10.8 Å². The van der Waals surface area contributed by atoms with Gasteiger partial charge in [-0.15, -0.1) is 0 Å². The molecule has 0 bridgehead atoms. The highest BCUT2D eigenvalue weighted by atomic mass is 79.9. The smallest absolute Gasteiger partial charge is 0.141 e. The number of hydrogen-bond acceptors (Lipinski definition) is 2. The molecule has 0 aliphatic rings. The SMILES string of the molecule is NC(c1ccc(F)c(Cl)c1)c1cscc1Br. The molecule has 1 unspecified atom stereocenters. The standard InChI is InChI=1S/C11H8BrClFNS/c12-8-5-16-4-7(8)11(15)6-1-2-10(14)9(13)3-6/h1-5,11H,15H2. The Bertz CT molecular complexity index is 514. The van der Waals surface area contributed by atoms with Gasteiger partial charge in [-0.3, -0.25) is 0 Å². The number of benzene rings is 1. The lowest BCUT2D eigenvalue weighted by atomic mass is 10.0. The van der Waals surface area contributed by atoms with Gasteiger partial charge < -0.3 is 5.73 Å². The van der Waals surface area contributed by atoms with Gasteiger partial charge in [-0.1, -0.05) is 17.7 Å². The molecule has 1 heterocycles. The van der Waals surface area contributed by atoms with Crippen LogP contribution >= 0.6 is 38.9 Å². The van der Waals surface area contributed by atoms with Gasteiger partial charge in [-0.25, -0.2) is 4.39 Å². The normalized spacial score (nSPS) is 12.8. The maximum atomic E-state index is 13.0. The van der Waals surface area contributed by atoms with Crippen LogP contribution in [0.1, 0.15) is 17.2 Å². The molecule has 0 amide bonds. The first-order valence-electron chi connectivity index (χ1n) is 4.51. The summed E-state index contributed by atoms with van der Waals surface area (Å²) in [5.41, 5.74) is 7.85. The number of nitrogens with two attached hydrogens (primary N) is 1. The molecular weight excluding hydrogens is 313 g/mol. The van der Waals surface area contributed by atoms with Crippen LogP contribution in [0, 0.1) is 5.82 Å². The average Bonchev–Trinajstić information content (AvgIpc) is 2.67. The molecule has 0 aliphatic heterocycles. The minimum absolute atomic E-state index is 0.0966. The summed E-state index contributed by atoms with van der Waals surface area (Å²) >= 11 is 10.7. The molecule has 0 saturated carbocycles. The Hall–Kier alpha value is -0.420. The molecule has 0 spiro atoms. The first-order chi connectivity index (χ1) is 7.59. The summed E-state index contributed by atoms with van der Waals surface area (Å²) in [4.78, 5) is 0. The van der Waals surface area contributed by atoms with Gasteiger partial charge in [0, 0.05) is 9.85 Å². The zero-order valence-electron chi connectivity index (χ0n) is 8.08. The first kappa shape index (κ1) is 12.0. The van der Waals surface area contributed by atoms with Gasteiger partial charge >= 0.3 is 0 Å². The monoisotopic (exact) mass is 319 g/mol. The van der Waals surface area contributed by atoms with Gasteiger partial charge in [-0.2, -0.15) is 11.3 Å². The van der Waals surface area contributed by atoms with E-state index < -0.39 is 5.82 Å². The van der Waals surface area contributed by atoms with Crippen molar-refractivity contribution >= 4 is 38.9 Å². The lowest BCUT2D eigenvalue weighted by molar-refractivity contribution is 0.627. The Morgan fingerprint density at radius 1 is 1.38 bits per heavy atom. The molecule has 2 aromatic rings. The molecule has 84 valence electrons. The third kappa shape index (κ3) is 2.30. The molecule has 0 aliphatic carbocycles. The lowest BCUT2D eigenvalue weighted by Gasteiger charge is -2.12. The van der Waals surface area contributed by atoms with Gasteiger partial charge in [0.1, 0.15) is 5.82 Å². The Kier molecular flexibility index (Phi) is 3.64. The van der Waals surface area contributed by atoms with Gasteiger partial charge in [-0.05, 0) is 44.6 Å². The van der Waals surface area contributed by atoms with E-state index in [9.17, 15) is 4.39 Å². The van der Waals surface area contributed by atoms with Crippen LogP contribution < -0.4 is 5.73 Å². The number of rotatable bonds is 2. The highest BCUT2D eigenvalue weighted by molar-refractivity contribution is 9.10. The summed E-state index contributed by atoms with van der Waals surface area (Å²) in [7, 11) is 0. The van der Waals surface area contributed by atoms with E-state index in [1.165, 1.54) is 6.07 Å². The highest BCUT2D eigenvalue weighted by Crippen LogP contribution is 2.31. The Morgan fingerprint density at radius 3 is 2.69 bits per heavy atom. The molecule has 16 heavy (non-hydrogen) atoms. The van der Waals surface area contributed by atoms with E-state index in [4.69, 9.17) is 17.3 Å². The largest absolute Gasteiger partial charge is 0.320 e. The molecule has 1 nitrogen and oxygen atoms in total. The van der Waals surface area contributed by atoms with Crippen molar-refractivity contribution in [3.05, 3.63) is 55.4 Å².